The Morgan fingerprint density at radius 3 is 2.08 bits per heavy atom. The van der Waals surface area contributed by atoms with Crippen molar-refractivity contribution in [2.75, 3.05) is 26.8 Å². The highest BCUT2D eigenvalue weighted by Crippen LogP contribution is 2.26. The van der Waals surface area contributed by atoms with E-state index in [1.165, 1.54) is 58.5 Å². The minimum absolute atomic E-state index is 0. The van der Waals surface area contributed by atoms with Crippen molar-refractivity contribution in [2.45, 2.75) is 110 Å². The van der Waals surface area contributed by atoms with Crippen LogP contribution in [-0.4, -0.2) is 38.7 Å². The van der Waals surface area contributed by atoms with Crippen LogP contribution in [0, 0.1) is 0 Å². The Bertz CT molecular complexity index is 715. The molecular formula is C29H51ClN2O4. The summed E-state index contributed by atoms with van der Waals surface area (Å²) in [4.78, 5) is 24.9. The Morgan fingerprint density at radius 2 is 1.47 bits per heavy atom. The predicted molar refractivity (Wildman–Crippen MR) is 151 cm³/mol. The van der Waals surface area contributed by atoms with E-state index in [2.05, 4.69) is 12.2 Å². The molecule has 1 aromatic rings. The third-order valence-electron chi connectivity index (χ3n) is 6.47. The molecule has 0 saturated carbocycles. The molecule has 208 valence electrons. The van der Waals surface area contributed by atoms with Crippen LogP contribution < -0.4 is 15.8 Å². The molecule has 0 aliphatic carbocycles. The molecule has 1 amide bonds. The second-order valence-corrected chi connectivity index (χ2v) is 9.49. The standard InChI is InChI=1S/C29H50N2O4.ClH/c1-4-5-6-7-8-9-10-11-14-17-22-35-27-19-18-25(24(2)29(33)34-3)23-26(27)28(32)31-21-16-13-12-15-20-30;/h18-19,23-24H,4-17,20-22,30H2,1-3H3,(H,31,32);1H. The summed E-state index contributed by atoms with van der Waals surface area (Å²) in [7, 11) is 1.38. The number of carbonyl (C=O) groups excluding carboxylic acids is 2. The van der Waals surface area contributed by atoms with E-state index in [-0.39, 0.29) is 24.3 Å². The van der Waals surface area contributed by atoms with E-state index in [0.717, 1.165) is 44.1 Å². The van der Waals surface area contributed by atoms with E-state index in [4.69, 9.17) is 15.2 Å². The molecule has 3 N–H and O–H groups in total. The van der Waals surface area contributed by atoms with Gasteiger partial charge in [-0.3, -0.25) is 9.59 Å². The number of hydrogen-bond acceptors (Lipinski definition) is 5. The average Bonchev–Trinajstić information content (AvgIpc) is 2.88. The van der Waals surface area contributed by atoms with Gasteiger partial charge in [0.2, 0.25) is 0 Å². The number of halogens is 1. The van der Waals surface area contributed by atoms with Gasteiger partial charge in [-0.1, -0.05) is 83.6 Å². The summed E-state index contributed by atoms with van der Waals surface area (Å²) in [6.45, 7) is 5.93. The Hall–Kier alpha value is -1.79. The molecule has 0 bridgehead atoms. The van der Waals surface area contributed by atoms with Crippen LogP contribution in [0.3, 0.4) is 0 Å². The van der Waals surface area contributed by atoms with Gasteiger partial charge in [-0.2, -0.15) is 0 Å². The van der Waals surface area contributed by atoms with Gasteiger partial charge >= 0.3 is 5.97 Å². The topological polar surface area (TPSA) is 90.6 Å². The molecule has 6 nitrogen and oxygen atoms in total. The Morgan fingerprint density at radius 1 is 0.889 bits per heavy atom. The molecular weight excluding hydrogens is 476 g/mol. The van der Waals surface area contributed by atoms with Gasteiger partial charge in [-0.05, 0) is 50.4 Å². The number of methoxy groups -OCH3 is 1. The molecule has 1 rings (SSSR count). The Kier molecular flexibility index (Phi) is 21.3. The van der Waals surface area contributed by atoms with Gasteiger partial charge in [0.05, 0.1) is 25.2 Å². The minimum atomic E-state index is -0.446. The van der Waals surface area contributed by atoms with Crippen molar-refractivity contribution in [1.29, 1.82) is 0 Å². The van der Waals surface area contributed by atoms with Crippen molar-refractivity contribution in [3.8, 4) is 5.75 Å². The molecule has 1 aromatic carbocycles. The second-order valence-electron chi connectivity index (χ2n) is 9.49. The average molecular weight is 527 g/mol. The number of rotatable bonds is 21. The Balaban J connectivity index is 0.0000122. The van der Waals surface area contributed by atoms with E-state index >= 15 is 0 Å². The van der Waals surface area contributed by atoms with Crippen molar-refractivity contribution in [3.63, 3.8) is 0 Å². The van der Waals surface area contributed by atoms with Crippen LogP contribution in [0.5, 0.6) is 5.75 Å². The van der Waals surface area contributed by atoms with Crippen LogP contribution in [0.25, 0.3) is 0 Å². The van der Waals surface area contributed by atoms with E-state index in [0.29, 0.717) is 31.0 Å². The number of nitrogens with two attached hydrogens (primary N) is 1. The molecule has 0 heterocycles. The van der Waals surface area contributed by atoms with E-state index < -0.39 is 5.92 Å². The molecule has 0 spiro atoms. The number of nitrogens with one attached hydrogen (secondary N) is 1. The number of unbranched alkanes of at least 4 members (excludes halogenated alkanes) is 12. The van der Waals surface area contributed by atoms with Gasteiger partial charge < -0.3 is 20.5 Å². The van der Waals surface area contributed by atoms with Gasteiger partial charge in [-0.25, -0.2) is 0 Å². The summed E-state index contributed by atoms with van der Waals surface area (Å²) in [5.41, 5.74) is 6.76. The minimum Gasteiger partial charge on any atom is -0.493 e. The molecule has 0 saturated heterocycles. The summed E-state index contributed by atoms with van der Waals surface area (Å²) in [5, 5.41) is 3.00. The molecule has 7 heteroatoms. The van der Waals surface area contributed by atoms with E-state index in [1.807, 2.05) is 6.07 Å². The largest absolute Gasteiger partial charge is 0.493 e. The molecule has 0 aliphatic heterocycles. The molecule has 1 unspecified atom stereocenters. The molecule has 0 radical (unpaired) electrons. The summed E-state index contributed by atoms with van der Waals surface area (Å²) >= 11 is 0. The normalized spacial score (nSPS) is 11.4. The van der Waals surface area contributed by atoms with E-state index in [1.54, 1.807) is 19.1 Å². The maximum atomic E-state index is 12.9. The number of esters is 1. The fourth-order valence-corrected chi connectivity index (χ4v) is 4.12. The van der Waals surface area contributed by atoms with Gasteiger partial charge in [0.15, 0.2) is 0 Å². The van der Waals surface area contributed by atoms with Gasteiger partial charge in [0, 0.05) is 6.54 Å². The summed E-state index contributed by atoms with van der Waals surface area (Å²) in [6.07, 6.45) is 16.7. The third kappa shape index (κ3) is 14.7. The van der Waals surface area contributed by atoms with Gasteiger partial charge in [-0.15, -0.1) is 12.4 Å². The third-order valence-corrected chi connectivity index (χ3v) is 6.47. The summed E-state index contributed by atoms with van der Waals surface area (Å²) < 4.78 is 10.9. The van der Waals surface area contributed by atoms with Crippen LogP contribution in [-0.2, 0) is 9.53 Å². The quantitative estimate of drug-likeness (QED) is 0.134. The lowest BCUT2D eigenvalue weighted by atomic mass is 9.98. The van der Waals surface area contributed by atoms with Crippen molar-refractivity contribution < 1.29 is 19.1 Å². The molecule has 0 fully saturated rings. The fourth-order valence-electron chi connectivity index (χ4n) is 4.12. The fraction of sp³-hybridized carbons (Fsp3) is 0.724. The first-order valence-electron chi connectivity index (χ1n) is 13.9. The van der Waals surface area contributed by atoms with Gasteiger partial charge in [0.25, 0.3) is 5.91 Å². The van der Waals surface area contributed by atoms with Crippen LogP contribution >= 0.6 is 12.4 Å². The van der Waals surface area contributed by atoms with Crippen molar-refractivity contribution in [3.05, 3.63) is 29.3 Å². The highest BCUT2D eigenvalue weighted by Gasteiger charge is 2.20. The molecule has 0 aliphatic rings. The zero-order valence-corrected chi connectivity index (χ0v) is 23.8. The number of ether oxygens (including phenoxy) is 2. The lowest BCUT2D eigenvalue weighted by Gasteiger charge is -2.16. The maximum absolute atomic E-state index is 12.9. The molecule has 1 atom stereocenters. The Labute approximate surface area is 225 Å². The SMILES string of the molecule is CCCCCCCCCCCCOc1ccc(C(C)C(=O)OC)cc1C(=O)NCCCCCCN.Cl. The zero-order chi connectivity index (χ0) is 25.7. The monoisotopic (exact) mass is 526 g/mol. The number of carbonyl (C=O) groups is 2. The van der Waals surface area contributed by atoms with Crippen molar-refractivity contribution >= 4 is 24.3 Å². The smallest absolute Gasteiger partial charge is 0.312 e. The first-order valence-corrected chi connectivity index (χ1v) is 13.9. The lowest BCUT2D eigenvalue weighted by molar-refractivity contribution is -0.142. The second kappa shape index (κ2) is 22.4. The highest BCUT2D eigenvalue weighted by molar-refractivity contribution is 5.97. The maximum Gasteiger partial charge on any atom is 0.312 e. The number of amides is 1. The first kappa shape index (κ1) is 34.2. The first-order chi connectivity index (χ1) is 17.0. The molecule has 0 aromatic heterocycles. The number of hydrogen-bond donors (Lipinski definition) is 2. The molecule has 36 heavy (non-hydrogen) atoms. The van der Waals surface area contributed by atoms with Crippen LogP contribution in [0.1, 0.15) is 126 Å². The van der Waals surface area contributed by atoms with Gasteiger partial charge in [0.1, 0.15) is 5.75 Å². The number of benzene rings is 1. The van der Waals surface area contributed by atoms with Crippen molar-refractivity contribution in [1.82, 2.24) is 5.32 Å². The highest BCUT2D eigenvalue weighted by atomic mass is 35.5. The zero-order valence-electron chi connectivity index (χ0n) is 22.9. The van der Waals surface area contributed by atoms with Crippen LogP contribution in [0.15, 0.2) is 18.2 Å². The van der Waals surface area contributed by atoms with E-state index in [9.17, 15) is 9.59 Å². The summed E-state index contributed by atoms with van der Waals surface area (Å²) in [6, 6.07) is 5.42. The van der Waals surface area contributed by atoms with Crippen LogP contribution in [0.2, 0.25) is 0 Å². The predicted octanol–water partition coefficient (Wildman–Crippen LogP) is 6.93. The van der Waals surface area contributed by atoms with Crippen LogP contribution in [0.4, 0.5) is 0 Å². The lowest BCUT2D eigenvalue weighted by Crippen LogP contribution is -2.25. The van der Waals surface area contributed by atoms with Crippen molar-refractivity contribution in [2.24, 2.45) is 5.73 Å². The summed E-state index contributed by atoms with van der Waals surface area (Å²) in [5.74, 6) is -0.364.